The Labute approximate surface area is 126 Å². The Hall–Kier alpha value is -1.81. The van der Waals surface area contributed by atoms with Gasteiger partial charge in [-0.3, -0.25) is 4.79 Å². The zero-order chi connectivity index (χ0) is 14.7. The van der Waals surface area contributed by atoms with E-state index in [1.54, 1.807) is 6.08 Å². The Morgan fingerprint density at radius 2 is 2.05 bits per heavy atom. The number of benzene rings is 1. The first-order chi connectivity index (χ1) is 10.2. The van der Waals surface area contributed by atoms with Gasteiger partial charge in [-0.2, -0.15) is 0 Å². The van der Waals surface area contributed by atoms with Crippen molar-refractivity contribution in [1.82, 2.24) is 4.90 Å². The van der Waals surface area contributed by atoms with E-state index in [0.717, 1.165) is 45.0 Å². The van der Waals surface area contributed by atoms with E-state index in [0.29, 0.717) is 5.92 Å². The van der Waals surface area contributed by atoms with E-state index in [4.69, 9.17) is 4.74 Å². The van der Waals surface area contributed by atoms with E-state index in [2.05, 4.69) is 17.9 Å². The maximum atomic E-state index is 12.5. The highest BCUT2D eigenvalue weighted by molar-refractivity contribution is 6.02. The van der Waals surface area contributed by atoms with Crippen LogP contribution in [0, 0.1) is 5.92 Å². The van der Waals surface area contributed by atoms with Crippen molar-refractivity contribution in [3.63, 3.8) is 0 Å². The van der Waals surface area contributed by atoms with Gasteiger partial charge in [0.05, 0.1) is 13.2 Å². The zero-order valence-corrected chi connectivity index (χ0v) is 12.5. The number of hydrogen-bond acceptors (Lipinski definition) is 3. The molecule has 1 amide bonds. The summed E-state index contributed by atoms with van der Waals surface area (Å²) in [5.74, 6) is 0.570. The predicted octanol–water partition coefficient (Wildman–Crippen LogP) is 2.06. The van der Waals surface area contributed by atoms with Crippen molar-refractivity contribution >= 4 is 11.6 Å². The molecule has 4 nitrogen and oxygen atoms in total. The number of para-hydroxylation sites is 1. The molecule has 21 heavy (non-hydrogen) atoms. The molecule has 3 rings (SSSR count). The first-order valence-electron chi connectivity index (χ1n) is 7.63. The summed E-state index contributed by atoms with van der Waals surface area (Å²) in [7, 11) is 0. The topological polar surface area (TPSA) is 32.8 Å². The molecule has 1 aromatic carbocycles. The maximum Gasteiger partial charge on any atom is 0.252 e. The van der Waals surface area contributed by atoms with Gasteiger partial charge in [-0.25, -0.2) is 0 Å². The Morgan fingerprint density at radius 1 is 1.29 bits per heavy atom. The van der Waals surface area contributed by atoms with Gasteiger partial charge >= 0.3 is 0 Å². The molecule has 0 radical (unpaired) electrons. The van der Waals surface area contributed by atoms with Crippen molar-refractivity contribution in [1.29, 1.82) is 0 Å². The number of ether oxygens (including phenoxy) is 1. The number of anilines is 1. The summed E-state index contributed by atoms with van der Waals surface area (Å²) in [5, 5.41) is 0. The third kappa shape index (κ3) is 3.27. The van der Waals surface area contributed by atoms with Crippen molar-refractivity contribution in [3.8, 4) is 0 Å². The molecule has 0 saturated carbocycles. The molecule has 0 spiro atoms. The summed E-state index contributed by atoms with van der Waals surface area (Å²) in [5.41, 5.74) is 2.33. The van der Waals surface area contributed by atoms with Crippen molar-refractivity contribution in [2.75, 3.05) is 37.7 Å². The molecule has 1 atom stereocenters. The van der Waals surface area contributed by atoms with Crippen molar-refractivity contribution < 1.29 is 9.53 Å². The largest absolute Gasteiger partial charge is 0.378 e. The number of rotatable bonds is 2. The SMILES string of the molecule is CC1Cc2ccccc2N(C(=O)/C=C/N2CCOCC2)C1. The summed E-state index contributed by atoms with van der Waals surface area (Å²) >= 11 is 0. The molecular weight excluding hydrogens is 264 g/mol. The van der Waals surface area contributed by atoms with Gasteiger partial charge in [-0.15, -0.1) is 0 Å². The lowest BCUT2D eigenvalue weighted by Gasteiger charge is -2.32. The van der Waals surface area contributed by atoms with Crippen LogP contribution in [0.1, 0.15) is 12.5 Å². The Bertz CT molecular complexity index is 535. The highest BCUT2D eigenvalue weighted by Crippen LogP contribution is 2.29. The average molecular weight is 286 g/mol. The van der Waals surface area contributed by atoms with Crippen LogP contribution in [0.4, 0.5) is 5.69 Å². The lowest BCUT2D eigenvalue weighted by molar-refractivity contribution is -0.114. The smallest absolute Gasteiger partial charge is 0.252 e. The predicted molar refractivity (Wildman–Crippen MR) is 83.2 cm³/mol. The highest BCUT2D eigenvalue weighted by Gasteiger charge is 2.24. The molecule has 0 bridgehead atoms. The molecule has 112 valence electrons. The van der Waals surface area contributed by atoms with Crippen LogP contribution >= 0.6 is 0 Å². The first-order valence-corrected chi connectivity index (χ1v) is 7.63. The van der Waals surface area contributed by atoms with Gasteiger partial charge in [-0.1, -0.05) is 25.1 Å². The fourth-order valence-corrected chi connectivity index (χ4v) is 2.99. The highest BCUT2D eigenvalue weighted by atomic mass is 16.5. The molecule has 2 heterocycles. The van der Waals surface area contributed by atoms with Crippen LogP contribution in [0.3, 0.4) is 0 Å². The van der Waals surface area contributed by atoms with Gasteiger partial charge in [0, 0.05) is 37.6 Å². The molecule has 2 aliphatic rings. The molecule has 0 N–H and O–H groups in total. The zero-order valence-electron chi connectivity index (χ0n) is 12.5. The van der Waals surface area contributed by atoms with Crippen LogP contribution in [-0.2, 0) is 16.0 Å². The molecule has 1 aromatic rings. The summed E-state index contributed by atoms with van der Waals surface area (Å²) < 4.78 is 5.31. The van der Waals surface area contributed by atoms with Crippen LogP contribution in [0.15, 0.2) is 36.5 Å². The van der Waals surface area contributed by atoms with Gasteiger partial charge in [-0.05, 0) is 24.0 Å². The van der Waals surface area contributed by atoms with E-state index in [1.807, 2.05) is 29.3 Å². The van der Waals surface area contributed by atoms with E-state index >= 15 is 0 Å². The molecule has 1 fully saturated rings. The second kappa shape index (κ2) is 6.31. The van der Waals surface area contributed by atoms with Crippen LogP contribution in [-0.4, -0.2) is 43.7 Å². The number of nitrogens with zero attached hydrogens (tertiary/aromatic N) is 2. The quantitative estimate of drug-likeness (QED) is 0.780. The molecular formula is C17H22N2O2. The first kappa shape index (κ1) is 14.1. The Morgan fingerprint density at radius 3 is 2.86 bits per heavy atom. The normalized spacial score (nSPS) is 22.4. The van der Waals surface area contributed by atoms with E-state index in [1.165, 1.54) is 5.56 Å². The third-order valence-corrected chi connectivity index (χ3v) is 4.08. The van der Waals surface area contributed by atoms with Gasteiger partial charge < -0.3 is 14.5 Å². The number of carbonyl (C=O) groups is 1. The fraction of sp³-hybridized carbons (Fsp3) is 0.471. The molecule has 2 aliphatic heterocycles. The second-order valence-corrected chi connectivity index (χ2v) is 5.85. The Balaban J connectivity index is 1.73. The van der Waals surface area contributed by atoms with E-state index < -0.39 is 0 Å². The van der Waals surface area contributed by atoms with Crippen LogP contribution < -0.4 is 4.90 Å². The standard InChI is InChI=1S/C17H22N2O2/c1-14-12-15-4-2-3-5-16(15)19(13-14)17(20)6-7-18-8-10-21-11-9-18/h2-7,14H,8-13H2,1H3/b7-6+. The Kier molecular flexibility index (Phi) is 4.25. The van der Waals surface area contributed by atoms with Gasteiger partial charge in [0.15, 0.2) is 0 Å². The summed E-state index contributed by atoms with van der Waals surface area (Å²) in [4.78, 5) is 16.6. The summed E-state index contributed by atoms with van der Waals surface area (Å²) in [6.45, 7) is 6.18. The minimum atomic E-state index is 0.0699. The fourth-order valence-electron chi connectivity index (χ4n) is 2.99. The molecule has 0 aliphatic carbocycles. The van der Waals surface area contributed by atoms with Gasteiger partial charge in [0.1, 0.15) is 0 Å². The third-order valence-electron chi connectivity index (χ3n) is 4.08. The monoisotopic (exact) mass is 286 g/mol. The number of hydrogen-bond donors (Lipinski definition) is 0. The van der Waals surface area contributed by atoms with Crippen LogP contribution in [0.25, 0.3) is 0 Å². The summed E-state index contributed by atoms with van der Waals surface area (Å²) in [6, 6.07) is 8.21. The molecule has 0 aromatic heterocycles. The van der Waals surface area contributed by atoms with Gasteiger partial charge in [0.2, 0.25) is 0 Å². The second-order valence-electron chi connectivity index (χ2n) is 5.85. The molecule has 1 unspecified atom stereocenters. The maximum absolute atomic E-state index is 12.5. The van der Waals surface area contributed by atoms with Gasteiger partial charge in [0.25, 0.3) is 5.91 Å². The number of carbonyl (C=O) groups excluding carboxylic acids is 1. The average Bonchev–Trinajstić information content (AvgIpc) is 2.52. The van der Waals surface area contributed by atoms with Crippen molar-refractivity contribution in [3.05, 3.63) is 42.1 Å². The molecule has 4 heteroatoms. The molecule has 1 saturated heterocycles. The minimum Gasteiger partial charge on any atom is -0.378 e. The number of fused-ring (bicyclic) bond motifs is 1. The van der Waals surface area contributed by atoms with E-state index in [-0.39, 0.29) is 5.91 Å². The van der Waals surface area contributed by atoms with Crippen molar-refractivity contribution in [2.24, 2.45) is 5.92 Å². The lowest BCUT2D eigenvalue weighted by atomic mass is 9.94. The summed E-state index contributed by atoms with van der Waals surface area (Å²) in [6.07, 6.45) is 4.65. The minimum absolute atomic E-state index is 0.0699. The van der Waals surface area contributed by atoms with Crippen LogP contribution in [0.2, 0.25) is 0 Å². The van der Waals surface area contributed by atoms with Crippen molar-refractivity contribution in [2.45, 2.75) is 13.3 Å². The number of morpholine rings is 1. The number of amides is 1. The van der Waals surface area contributed by atoms with E-state index in [9.17, 15) is 4.79 Å². The van der Waals surface area contributed by atoms with Crippen LogP contribution in [0.5, 0.6) is 0 Å². The lowest BCUT2D eigenvalue weighted by Crippen LogP contribution is -2.38.